The van der Waals surface area contributed by atoms with E-state index in [4.69, 9.17) is 4.74 Å². The number of fused-ring (bicyclic) bond motifs is 3. The van der Waals surface area contributed by atoms with E-state index in [0.717, 1.165) is 28.7 Å². The van der Waals surface area contributed by atoms with E-state index < -0.39 is 23.1 Å². The molecule has 0 heterocycles. The fraction of sp³-hybridized carbons (Fsp3) is 0.423. The van der Waals surface area contributed by atoms with Gasteiger partial charge in [-0.2, -0.15) is 0 Å². The molecule has 174 valence electrons. The number of alkyl carbamates (subject to hydrolysis) is 1. The molecular formula is C26H30N2O5. The lowest BCUT2D eigenvalue weighted by Crippen LogP contribution is -2.64. The Morgan fingerprint density at radius 1 is 1.06 bits per heavy atom. The second kappa shape index (κ2) is 8.89. The molecule has 4 rings (SSSR count). The minimum absolute atomic E-state index is 0.0707. The molecule has 2 aliphatic carbocycles. The molecule has 2 aromatic rings. The van der Waals surface area contributed by atoms with Crippen molar-refractivity contribution in [2.24, 2.45) is 0 Å². The molecule has 33 heavy (non-hydrogen) atoms. The van der Waals surface area contributed by atoms with Crippen LogP contribution in [0.2, 0.25) is 0 Å². The van der Waals surface area contributed by atoms with Crippen molar-refractivity contribution in [1.29, 1.82) is 0 Å². The largest absolute Gasteiger partial charge is 0.481 e. The third kappa shape index (κ3) is 4.45. The number of carbonyl (C=O) groups is 3. The minimum Gasteiger partial charge on any atom is -0.481 e. The summed E-state index contributed by atoms with van der Waals surface area (Å²) in [5.41, 5.74) is 2.57. The lowest BCUT2D eigenvalue weighted by atomic mass is 9.73. The van der Waals surface area contributed by atoms with Gasteiger partial charge in [0.05, 0.1) is 12.0 Å². The van der Waals surface area contributed by atoms with Crippen molar-refractivity contribution in [3.63, 3.8) is 0 Å². The number of carboxylic acid groups (broad SMARTS) is 1. The second-order valence-electron chi connectivity index (χ2n) is 9.29. The van der Waals surface area contributed by atoms with Crippen LogP contribution < -0.4 is 10.6 Å². The topological polar surface area (TPSA) is 105 Å². The average molecular weight is 451 g/mol. The van der Waals surface area contributed by atoms with Gasteiger partial charge in [-0.05, 0) is 54.9 Å². The first-order valence-electron chi connectivity index (χ1n) is 11.4. The number of rotatable bonds is 8. The van der Waals surface area contributed by atoms with Crippen molar-refractivity contribution in [2.45, 2.75) is 62.9 Å². The van der Waals surface area contributed by atoms with E-state index in [1.165, 1.54) is 0 Å². The third-order valence-electron chi connectivity index (χ3n) is 7.11. The molecule has 0 saturated heterocycles. The van der Waals surface area contributed by atoms with E-state index in [-0.39, 0.29) is 24.9 Å². The number of hydrogen-bond acceptors (Lipinski definition) is 4. The summed E-state index contributed by atoms with van der Waals surface area (Å²) in [6.07, 6.45) is 1.66. The van der Waals surface area contributed by atoms with Gasteiger partial charge < -0.3 is 20.5 Å². The van der Waals surface area contributed by atoms with Gasteiger partial charge in [-0.15, -0.1) is 0 Å². The predicted molar refractivity (Wildman–Crippen MR) is 124 cm³/mol. The predicted octanol–water partition coefficient (Wildman–Crippen LogP) is 4.21. The van der Waals surface area contributed by atoms with E-state index >= 15 is 0 Å². The molecule has 0 aliphatic heterocycles. The quantitative estimate of drug-likeness (QED) is 0.559. The molecule has 2 aromatic carbocycles. The Labute approximate surface area is 193 Å². The van der Waals surface area contributed by atoms with E-state index in [1.54, 1.807) is 13.8 Å². The number of hydrogen-bond donors (Lipinski definition) is 3. The van der Waals surface area contributed by atoms with Crippen molar-refractivity contribution in [3.05, 3.63) is 59.7 Å². The van der Waals surface area contributed by atoms with Crippen LogP contribution in [0.25, 0.3) is 11.1 Å². The zero-order valence-electron chi connectivity index (χ0n) is 19.0. The first kappa shape index (κ1) is 22.8. The Morgan fingerprint density at radius 2 is 1.64 bits per heavy atom. The zero-order valence-corrected chi connectivity index (χ0v) is 19.0. The van der Waals surface area contributed by atoms with Crippen LogP contribution in [0.3, 0.4) is 0 Å². The summed E-state index contributed by atoms with van der Waals surface area (Å²) in [6.45, 7) is 3.59. The van der Waals surface area contributed by atoms with Crippen molar-refractivity contribution in [3.8, 4) is 11.1 Å². The molecule has 1 unspecified atom stereocenters. The van der Waals surface area contributed by atoms with E-state index in [0.29, 0.717) is 19.3 Å². The Bertz CT molecular complexity index is 1030. The Morgan fingerprint density at radius 3 is 2.12 bits per heavy atom. The number of nitrogens with one attached hydrogen (secondary N) is 2. The van der Waals surface area contributed by atoms with Crippen molar-refractivity contribution >= 4 is 18.0 Å². The van der Waals surface area contributed by atoms with Crippen LogP contribution in [-0.2, 0) is 14.3 Å². The molecule has 0 bridgehead atoms. The smallest absolute Gasteiger partial charge is 0.408 e. The fourth-order valence-electron chi connectivity index (χ4n) is 4.78. The lowest BCUT2D eigenvalue weighted by Gasteiger charge is -2.43. The molecule has 0 spiro atoms. The van der Waals surface area contributed by atoms with Gasteiger partial charge in [0.1, 0.15) is 12.1 Å². The van der Waals surface area contributed by atoms with Gasteiger partial charge in [0.15, 0.2) is 0 Å². The van der Waals surface area contributed by atoms with Crippen molar-refractivity contribution in [2.75, 3.05) is 6.61 Å². The summed E-state index contributed by atoms with van der Waals surface area (Å²) in [5.74, 6) is -1.41. The third-order valence-corrected chi connectivity index (χ3v) is 7.11. The number of benzene rings is 2. The molecule has 0 aromatic heterocycles. The number of ether oxygens (including phenoxy) is 1. The van der Waals surface area contributed by atoms with Gasteiger partial charge in [0.2, 0.25) is 5.91 Å². The average Bonchev–Trinajstić information content (AvgIpc) is 3.09. The van der Waals surface area contributed by atoms with Crippen molar-refractivity contribution in [1.82, 2.24) is 10.6 Å². The summed E-state index contributed by atoms with van der Waals surface area (Å²) < 4.78 is 5.60. The van der Waals surface area contributed by atoms with Gasteiger partial charge in [-0.25, -0.2) is 4.79 Å². The molecule has 7 nitrogen and oxygen atoms in total. The Kier molecular flexibility index (Phi) is 6.15. The second-order valence-corrected chi connectivity index (χ2v) is 9.29. The van der Waals surface area contributed by atoms with Gasteiger partial charge in [0, 0.05) is 5.92 Å². The highest BCUT2D eigenvalue weighted by Gasteiger charge is 2.44. The molecule has 2 amide bonds. The summed E-state index contributed by atoms with van der Waals surface area (Å²) >= 11 is 0. The summed E-state index contributed by atoms with van der Waals surface area (Å²) in [5, 5.41) is 14.8. The lowest BCUT2D eigenvalue weighted by molar-refractivity contribution is -0.141. The molecular weight excluding hydrogens is 420 g/mol. The number of carboxylic acids is 1. The summed E-state index contributed by atoms with van der Waals surface area (Å²) in [6, 6.07) is 16.2. The monoisotopic (exact) mass is 450 g/mol. The van der Waals surface area contributed by atoms with Crippen LogP contribution >= 0.6 is 0 Å². The normalized spacial score (nSPS) is 17.6. The van der Waals surface area contributed by atoms with Gasteiger partial charge in [0.25, 0.3) is 0 Å². The first-order chi connectivity index (χ1) is 15.8. The fourth-order valence-corrected chi connectivity index (χ4v) is 4.78. The first-order valence-corrected chi connectivity index (χ1v) is 11.4. The molecule has 0 radical (unpaired) electrons. The van der Waals surface area contributed by atoms with Crippen LogP contribution in [-0.4, -0.2) is 40.8 Å². The minimum atomic E-state index is -1.20. The zero-order chi connectivity index (χ0) is 23.6. The highest BCUT2D eigenvalue weighted by Crippen LogP contribution is 2.44. The van der Waals surface area contributed by atoms with E-state index in [1.807, 2.05) is 36.4 Å². The molecule has 3 N–H and O–H groups in total. The maximum Gasteiger partial charge on any atom is 0.408 e. The van der Waals surface area contributed by atoms with Gasteiger partial charge >= 0.3 is 12.1 Å². The van der Waals surface area contributed by atoms with Crippen LogP contribution in [0.1, 0.15) is 63.0 Å². The molecule has 1 saturated carbocycles. The standard InChI is InChI=1S/C26H30N2O5/c1-3-25(2,23(31)27-26(13-8-14-26)15-22(29)30)28-24(32)33-16-21-19-11-6-4-9-17(19)18-10-5-7-12-20(18)21/h4-7,9-12,21H,3,8,13-16H2,1-2H3,(H,27,31)(H,28,32)(H,29,30). The van der Waals surface area contributed by atoms with Crippen LogP contribution in [0.15, 0.2) is 48.5 Å². The Hall–Kier alpha value is -3.35. The van der Waals surface area contributed by atoms with Gasteiger partial charge in [-0.3, -0.25) is 9.59 Å². The van der Waals surface area contributed by atoms with Crippen LogP contribution in [0.4, 0.5) is 4.79 Å². The maximum atomic E-state index is 13.0. The summed E-state index contributed by atoms with van der Waals surface area (Å²) in [4.78, 5) is 37.0. The maximum absolute atomic E-state index is 13.0. The number of amides is 2. The van der Waals surface area contributed by atoms with Crippen molar-refractivity contribution < 1.29 is 24.2 Å². The van der Waals surface area contributed by atoms with E-state index in [2.05, 4.69) is 22.8 Å². The summed E-state index contributed by atoms with van der Waals surface area (Å²) in [7, 11) is 0. The highest BCUT2D eigenvalue weighted by atomic mass is 16.5. The SMILES string of the molecule is CCC(C)(NC(=O)OCC1c2ccccc2-c2ccccc21)C(=O)NC1(CC(=O)O)CCC1. The number of carbonyl (C=O) groups excluding carboxylic acids is 2. The van der Waals surface area contributed by atoms with Gasteiger partial charge in [-0.1, -0.05) is 55.5 Å². The Balaban J connectivity index is 1.41. The molecule has 1 fully saturated rings. The van der Waals surface area contributed by atoms with Crippen LogP contribution in [0, 0.1) is 0 Å². The molecule has 2 aliphatic rings. The molecule has 7 heteroatoms. The van der Waals surface area contributed by atoms with Crippen LogP contribution in [0.5, 0.6) is 0 Å². The number of aliphatic carboxylic acids is 1. The highest BCUT2D eigenvalue weighted by molar-refractivity contribution is 5.90. The van der Waals surface area contributed by atoms with E-state index in [9.17, 15) is 19.5 Å². The molecule has 1 atom stereocenters.